The molecule has 0 saturated carbocycles. The Kier molecular flexibility index (Phi) is 34.6. The van der Waals surface area contributed by atoms with E-state index in [4.69, 9.17) is 18.5 Å². The number of phosphoric acid groups is 1. The number of phosphoric ester groups is 1. The maximum absolute atomic E-state index is 12.7. The highest BCUT2D eigenvalue weighted by atomic mass is 31.2. The Labute approximate surface area is 340 Å². The Balaban J connectivity index is 4.61. The molecule has 4 atom stereocenters. The highest BCUT2D eigenvalue weighted by Crippen LogP contribution is 2.43. The van der Waals surface area contributed by atoms with Gasteiger partial charge in [-0.1, -0.05) is 140 Å². The van der Waals surface area contributed by atoms with Gasteiger partial charge in [-0.15, -0.1) is 0 Å². The number of likely N-dealkylation sites (N-methyl/N-ethyl adjacent to an activating group) is 1. The van der Waals surface area contributed by atoms with E-state index in [1.165, 1.54) is 57.8 Å². The van der Waals surface area contributed by atoms with Crippen molar-refractivity contribution in [1.82, 2.24) is 0 Å². The number of quaternary nitrogens is 1. The van der Waals surface area contributed by atoms with Crippen molar-refractivity contribution in [3.05, 3.63) is 48.6 Å². The lowest BCUT2D eigenvalue weighted by molar-refractivity contribution is -0.870. The molecular weight excluding hydrogens is 733 g/mol. The van der Waals surface area contributed by atoms with Crippen LogP contribution in [0.3, 0.4) is 0 Å². The Bertz CT molecular complexity index is 1130. The van der Waals surface area contributed by atoms with Crippen molar-refractivity contribution in [2.45, 2.75) is 173 Å². The topological polar surface area (TPSA) is 149 Å². The second-order valence-corrected chi connectivity index (χ2v) is 17.1. The van der Waals surface area contributed by atoms with Gasteiger partial charge in [0.25, 0.3) is 0 Å². The van der Waals surface area contributed by atoms with Crippen LogP contribution >= 0.6 is 7.82 Å². The quantitative estimate of drug-likeness (QED) is 0.0181. The molecule has 0 saturated heterocycles. The van der Waals surface area contributed by atoms with Gasteiger partial charge in [0.1, 0.15) is 19.8 Å². The Morgan fingerprint density at radius 2 is 1.12 bits per heavy atom. The predicted octanol–water partition coefficient (Wildman–Crippen LogP) is 9.85. The molecule has 0 bridgehead atoms. The molecule has 0 aliphatic carbocycles. The number of nitrogens with zero attached hydrogens (tertiary/aromatic N) is 1. The highest BCUT2D eigenvalue weighted by Gasteiger charge is 2.27. The largest absolute Gasteiger partial charge is 0.472 e. The van der Waals surface area contributed by atoms with Crippen LogP contribution in [0.2, 0.25) is 0 Å². The van der Waals surface area contributed by atoms with E-state index in [9.17, 15) is 29.3 Å². The maximum atomic E-state index is 12.7. The minimum Gasteiger partial charge on any atom is -0.462 e. The molecule has 11 nitrogen and oxygen atoms in total. The number of esters is 2. The average Bonchev–Trinajstić information content (AvgIpc) is 3.14. The third kappa shape index (κ3) is 37.5. The molecule has 0 fully saturated rings. The minimum absolute atomic E-state index is 0.0141. The summed E-state index contributed by atoms with van der Waals surface area (Å²) in [5.41, 5.74) is 0. The number of carbonyl (C=O) groups is 2. The van der Waals surface area contributed by atoms with Crippen molar-refractivity contribution in [2.75, 3.05) is 47.5 Å². The van der Waals surface area contributed by atoms with Gasteiger partial charge in [0.15, 0.2) is 6.10 Å². The molecule has 56 heavy (non-hydrogen) atoms. The molecule has 3 N–H and O–H groups in total. The first-order chi connectivity index (χ1) is 26.8. The summed E-state index contributed by atoms with van der Waals surface area (Å²) < 4.78 is 34.0. The van der Waals surface area contributed by atoms with Crippen LogP contribution in [-0.2, 0) is 32.7 Å². The van der Waals surface area contributed by atoms with Crippen LogP contribution in [-0.4, -0.2) is 97.3 Å². The van der Waals surface area contributed by atoms with Gasteiger partial charge in [-0.05, 0) is 51.4 Å². The number of rotatable bonds is 38. The second-order valence-electron chi connectivity index (χ2n) is 15.7. The van der Waals surface area contributed by atoms with E-state index >= 15 is 0 Å². The lowest BCUT2D eigenvalue weighted by atomic mass is 10.0. The number of hydrogen-bond acceptors (Lipinski definition) is 9. The summed E-state index contributed by atoms with van der Waals surface area (Å²) in [6.45, 7) is 3.96. The van der Waals surface area contributed by atoms with Crippen LogP contribution in [0, 0.1) is 0 Å². The van der Waals surface area contributed by atoms with Crippen molar-refractivity contribution in [3.63, 3.8) is 0 Å². The summed E-state index contributed by atoms with van der Waals surface area (Å²) in [6, 6.07) is 0. The predicted molar refractivity (Wildman–Crippen MR) is 227 cm³/mol. The minimum atomic E-state index is -4.44. The summed E-state index contributed by atoms with van der Waals surface area (Å²) in [5, 5.41) is 20.7. The van der Waals surface area contributed by atoms with Crippen molar-refractivity contribution in [3.8, 4) is 0 Å². The van der Waals surface area contributed by atoms with E-state index in [2.05, 4.69) is 50.3 Å². The van der Waals surface area contributed by atoms with Crippen molar-refractivity contribution in [1.29, 1.82) is 0 Å². The Morgan fingerprint density at radius 3 is 1.66 bits per heavy atom. The number of hydrogen-bond donors (Lipinski definition) is 3. The average molecular weight is 815 g/mol. The normalized spacial score (nSPS) is 15.2. The van der Waals surface area contributed by atoms with Gasteiger partial charge in [0, 0.05) is 12.8 Å². The second kappa shape index (κ2) is 36.0. The van der Waals surface area contributed by atoms with Gasteiger partial charge in [-0.3, -0.25) is 18.6 Å². The van der Waals surface area contributed by atoms with E-state index in [0.717, 1.165) is 44.9 Å². The van der Waals surface area contributed by atoms with Crippen LogP contribution < -0.4 is 0 Å². The molecule has 0 rings (SSSR count). The van der Waals surface area contributed by atoms with Gasteiger partial charge >= 0.3 is 19.8 Å². The van der Waals surface area contributed by atoms with Gasteiger partial charge in [-0.2, -0.15) is 0 Å². The lowest BCUT2D eigenvalue weighted by Crippen LogP contribution is -2.37. The summed E-state index contributed by atoms with van der Waals surface area (Å²) in [6.07, 6.45) is 33.3. The van der Waals surface area contributed by atoms with Gasteiger partial charge in [0.2, 0.25) is 0 Å². The van der Waals surface area contributed by atoms with Crippen LogP contribution in [0.1, 0.15) is 155 Å². The maximum Gasteiger partial charge on any atom is 0.472 e. The number of carbonyl (C=O) groups excluding carboxylic acids is 2. The smallest absolute Gasteiger partial charge is 0.462 e. The zero-order valence-corrected chi connectivity index (χ0v) is 36.7. The number of allylic oxidation sites excluding steroid dienone is 7. The molecular formula is C44H81NO10P+. The van der Waals surface area contributed by atoms with Crippen molar-refractivity contribution >= 4 is 19.8 Å². The SMILES string of the molecule is CC/C=C\C/C=C\C/C=C\C/C=C\C[C@H](O)[C@@H](O)CCCC(=O)OC[C@H](COP(=O)(O)OCC[N+](C)(C)C)OC(=O)CCCCCCCCCCCCCCC. The fourth-order valence-electron chi connectivity index (χ4n) is 5.57. The molecule has 0 aromatic carbocycles. The van der Waals surface area contributed by atoms with Crippen molar-refractivity contribution in [2.24, 2.45) is 0 Å². The molecule has 0 aromatic rings. The molecule has 12 heteroatoms. The fraction of sp³-hybridized carbons (Fsp3) is 0.773. The van der Waals surface area contributed by atoms with Crippen molar-refractivity contribution < 1.29 is 52.3 Å². The van der Waals surface area contributed by atoms with E-state index in [-0.39, 0.29) is 38.9 Å². The molecule has 326 valence electrons. The number of unbranched alkanes of at least 4 members (excludes halogenated alkanes) is 12. The standard InChI is InChI=1S/C44H80NO10P/c1-6-8-10-12-14-16-18-20-22-24-26-28-30-34-44(49)55-40(39-54-56(50,51)53-37-36-45(3,4)5)38-52-43(48)35-31-33-42(47)41(46)32-29-27-25-23-21-19-17-15-13-11-9-7-2/h9,11,15,17,21,23,27,29,40-42,46-47H,6-8,10,12-14,16,18-20,22,24-26,28,30-39H2,1-5H3/p+1/b11-9-,17-15-,23-21-,29-27-/t40-,41+,42+/m1/s1. The van der Waals surface area contributed by atoms with Crippen LogP contribution in [0.4, 0.5) is 0 Å². The summed E-state index contributed by atoms with van der Waals surface area (Å²) >= 11 is 0. The first kappa shape index (κ1) is 53.9. The number of aliphatic hydroxyl groups is 2. The zero-order chi connectivity index (χ0) is 41.8. The monoisotopic (exact) mass is 815 g/mol. The van der Waals surface area contributed by atoms with Gasteiger partial charge < -0.3 is 29.1 Å². The number of aliphatic hydroxyl groups excluding tert-OH is 2. The Hall–Kier alpha value is -2.11. The molecule has 0 heterocycles. The van der Waals surface area contributed by atoms with E-state index in [1.807, 2.05) is 33.3 Å². The van der Waals surface area contributed by atoms with Gasteiger partial charge in [-0.25, -0.2) is 4.57 Å². The summed E-state index contributed by atoms with van der Waals surface area (Å²) in [7, 11) is 1.32. The fourth-order valence-corrected chi connectivity index (χ4v) is 6.31. The molecule has 0 amide bonds. The van der Waals surface area contributed by atoms with E-state index in [1.54, 1.807) is 0 Å². The van der Waals surface area contributed by atoms with Crippen LogP contribution in [0.25, 0.3) is 0 Å². The molecule has 0 aromatic heterocycles. The third-order valence-electron chi connectivity index (χ3n) is 9.07. The van der Waals surface area contributed by atoms with Crippen LogP contribution in [0.5, 0.6) is 0 Å². The Morgan fingerprint density at radius 1 is 0.625 bits per heavy atom. The molecule has 0 aliphatic heterocycles. The zero-order valence-electron chi connectivity index (χ0n) is 35.8. The highest BCUT2D eigenvalue weighted by molar-refractivity contribution is 7.47. The lowest BCUT2D eigenvalue weighted by Gasteiger charge is -2.24. The molecule has 0 aliphatic rings. The third-order valence-corrected chi connectivity index (χ3v) is 10.1. The number of ether oxygens (including phenoxy) is 2. The summed E-state index contributed by atoms with van der Waals surface area (Å²) in [4.78, 5) is 35.4. The molecule has 0 spiro atoms. The van der Waals surface area contributed by atoms with E-state index < -0.39 is 44.7 Å². The van der Waals surface area contributed by atoms with E-state index in [0.29, 0.717) is 23.9 Å². The summed E-state index contributed by atoms with van der Waals surface area (Å²) in [5.74, 6) is -1.09. The first-order valence-electron chi connectivity index (χ1n) is 21.5. The molecule has 1 unspecified atom stereocenters. The van der Waals surface area contributed by atoms with Crippen LogP contribution in [0.15, 0.2) is 48.6 Å². The first-order valence-corrected chi connectivity index (χ1v) is 23.0. The molecule has 0 radical (unpaired) electrons. The van der Waals surface area contributed by atoms with Gasteiger partial charge in [0.05, 0.1) is 40.0 Å².